The number of nitrogens with two attached hydrogens (primary N) is 1. The molecule has 2 aliphatic heterocycles. The smallest absolute Gasteiger partial charge is 0.376 e. The zero-order chi connectivity index (χ0) is 14.1. The minimum absolute atomic E-state index is 0.0478. The highest BCUT2D eigenvalue weighted by atomic mass is 19.4. The van der Waals surface area contributed by atoms with Gasteiger partial charge < -0.3 is 10.5 Å². The molecule has 0 bridgehead atoms. The fourth-order valence-corrected chi connectivity index (χ4v) is 3.19. The summed E-state index contributed by atoms with van der Waals surface area (Å²) in [6, 6.07) is 0. The third-order valence-electron chi connectivity index (χ3n) is 4.42. The molecule has 0 amide bonds. The lowest BCUT2D eigenvalue weighted by Crippen LogP contribution is -2.63. The molecule has 19 heavy (non-hydrogen) atoms. The van der Waals surface area contributed by atoms with Gasteiger partial charge in [-0.1, -0.05) is 0 Å². The Balaban J connectivity index is 1.92. The van der Waals surface area contributed by atoms with E-state index < -0.39 is 12.7 Å². The van der Waals surface area contributed by atoms with Crippen molar-refractivity contribution in [2.75, 3.05) is 45.9 Å². The standard InChI is InChI=1S/C12H22F3N3O/c1-10-11(8-16,2-7-19-10)18-5-3-17(4-6-18)9-12(13,14)15/h10H,2-9,16H2,1H3. The first-order valence-electron chi connectivity index (χ1n) is 6.73. The maximum absolute atomic E-state index is 12.3. The lowest BCUT2D eigenvalue weighted by molar-refractivity contribution is -0.151. The first-order chi connectivity index (χ1) is 8.87. The van der Waals surface area contributed by atoms with Crippen LogP contribution in [0.25, 0.3) is 0 Å². The number of alkyl halides is 3. The number of piperazine rings is 1. The summed E-state index contributed by atoms with van der Waals surface area (Å²) < 4.78 is 42.6. The second kappa shape index (κ2) is 5.55. The van der Waals surface area contributed by atoms with Gasteiger partial charge in [-0.25, -0.2) is 0 Å². The average Bonchev–Trinajstić information content (AvgIpc) is 2.70. The third kappa shape index (κ3) is 3.21. The Morgan fingerprint density at radius 1 is 1.26 bits per heavy atom. The summed E-state index contributed by atoms with van der Waals surface area (Å²) in [4.78, 5) is 3.68. The normalized spacial score (nSPS) is 34.9. The van der Waals surface area contributed by atoms with Gasteiger partial charge in [-0.15, -0.1) is 0 Å². The molecule has 0 radical (unpaired) electrons. The summed E-state index contributed by atoms with van der Waals surface area (Å²) in [5.74, 6) is 0. The summed E-state index contributed by atoms with van der Waals surface area (Å²) in [5, 5.41) is 0. The van der Waals surface area contributed by atoms with Crippen LogP contribution in [0.4, 0.5) is 13.2 Å². The summed E-state index contributed by atoms with van der Waals surface area (Å²) in [6.45, 7) is 4.49. The van der Waals surface area contributed by atoms with E-state index >= 15 is 0 Å². The van der Waals surface area contributed by atoms with Gasteiger partial charge in [0, 0.05) is 39.3 Å². The summed E-state index contributed by atoms with van der Waals surface area (Å²) in [5.41, 5.74) is 5.72. The van der Waals surface area contributed by atoms with Gasteiger partial charge in [-0.3, -0.25) is 9.80 Å². The molecular weight excluding hydrogens is 259 g/mol. The van der Waals surface area contributed by atoms with Crippen molar-refractivity contribution in [2.24, 2.45) is 5.73 Å². The van der Waals surface area contributed by atoms with Crippen LogP contribution in [-0.2, 0) is 4.74 Å². The summed E-state index contributed by atoms with van der Waals surface area (Å²) in [7, 11) is 0. The Bertz CT molecular complexity index is 305. The van der Waals surface area contributed by atoms with Crippen LogP contribution in [-0.4, -0.2) is 73.5 Å². The quantitative estimate of drug-likeness (QED) is 0.826. The van der Waals surface area contributed by atoms with Gasteiger partial charge in [0.05, 0.1) is 18.2 Å². The summed E-state index contributed by atoms with van der Waals surface area (Å²) in [6.07, 6.45) is -3.20. The van der Waals surface area contributed by atoms with E-state index in [0.717, 1.165) is 6.42 Å². The maximum Gasteiger partial charge on any atom is 0.401 e. The SMILES string of the molecule is CC1OCCC1(CN)N1CCN(CC(F)(F)F)CC1. The Morgan fingerprint density at radius 2 is 1.89 bits per heavy atom. The Kier molecular flexibility index (Phi) is 4.39. The van der Waals surface area contributed by atoms with Gasteiger partial charge in [-0.2, -0.15) is 13.2 Å². The van der Waals surface area contributed by atoms with E-state index in [9.17, 15) is 13.2 Å². The van der Waals surface area contributed by atoms with Crippen molar-refractivity contribution in [1.82, 2.24) is 9.80 Å². The molecule has 2 unspecified atom stereocenters. The van der Waals surface area contributed by atoms with Crippen LogP contribution in [0.15, 0.2) is 0 Å². The van der Waals surface area contributed by atoms with Gasteiger partial charge in [0.15, 0.2) is 0 Å². The number of nitrogens with zero attached hydrogens (tertiary/aromatic N) is 2. The van der Waals surface area contributed by atoms with Crippen LogP contribution >= 0.6 is 0 Å². The Morgan fingerprint density at radius 3 is 2.32 bits per heavy atom. The number of hydrogen-bond donors (Lipinski definition) is 1. The highest BCUT2D eigenvalue weighted by Gasteiger charge is 2.46. The van der Waals surface area contributed by atoms with E-state index in [4.69, 9.17) is 10.5 Å². The van der Waals surface area contributed by atoms with Gasteiger partial charge in [-0.05, 0) is 13.3 Å². The zero-order valence-corrected chi connectivity index (χ0v) is 11.2. The van der Waals surface area contributed by atoms with Crippen LogP contribution in [0.5, 0.6) is 0 Å². The zero-order valence-electron chi connectivity index (χ0n) is 11.2. The predicted molar refractivity (Wildman–Crippen MR) is 65.9 cm³/mol. The molecule has 7 heteroatoms. The van der Waals surface area contributed by atoms with Gasteiger partial charge in [0.1, 0.15) is 0 Å². The van der Waals surface area contributed by atoms with Crippen molar-refractivity contribution in [3.05, 3.63) is 0 Å². The second-order valence-corrected chi connectivity index (χ2v) is 5.45. The number of rotatable bonds is 3. The summed E-state index contributed by atoms with van der Waals surface area (Å²) >= 11 is 0. The van der Waals surface area contributed by atoms with Crippen LogP contribution in [0, 0.1) is 0 Å². The van der Waals surface area contributed by atoms with Crippen molar-refractivity contribution >= 4 is 0 Å². The lowest BCUT2D eigenvalue weighted by atomic mass is 9.89. The van der Waals surface area contributed by atoms with Crippen molar-refractivity contribution in [2.45, 2.75) is 31.2 Å². The third-order valence-corrected chi connectivity index (χ3v) is 4.42. The van der Waals surface area contributed by atoms with Crippen LogP contribution in [0.2, 0.25) is 0 Å². The largest absolute Gasteiger partial charge is 0.401 e. The molecule has 4 nitrogen and oxygen atoms in total. The van der Waals surface area contributed by atoms with E-state index in [1.807, 2.05) is 6.92 Å². The van der Waals surface area contributed by atoms with Gasteiger partial charge >= 0.3 is 6.18 Å². The molecule has 2 saturated heterocycles. The molecule has 0 aromatic carbocycles. The molecule has 2 heterocycles. The molecule has 0 spiro atoms. The predicted octanol–water partition coefficient (Wildman–Crippen LogP) is 0.673. The van der Waals surface area contributed by atoms with E-state index in [1.54, 1.807) is 0 Å². The van der Waals surface area contributed by atoms with E-state index in [-0.39, 0.29) is 11.6 Å². The highest BCUT2D eigenvalue weighted by molar-refractivity contribution is 5.01. The highest BCUT2D eigenvalue weighted by Crippen LogP contribution is 2.32. The fraction of sp³-hybridized carbons (Fsp3) is 1.00. The number of halogens is 3. The average molecular weight is 281 g/mol. The molecular formula is C12H22F3N3O. The van der Waals surface area contributed by atoms with Crippen LogP contribution in [0.3, 0.4) is 0 Å². The second-order valence-electron chi connectivity index (χ2n) is 5.45. The Hall–Kier alpha value is -0.370. The lowest BCUT2D eigenvalue weighted by Gasteiger charge is -2.46. The molecule has 2 aliphatic rings. The molecule has 0 aromatic heterocycles. The Labute approximate surface area is 111 Å². The molecule has 0 aromatic rings. The van der Waals surface area contributed by atoms with Gasteiger partial charge in [0.2, 0.25) is 0 Å². The molecule has 2 N–H and O–H groups in total. The molecule has 0 aliphatic carbocycles. The molecule has 112 valence electrons. The van der Waals surface area contributed by atoms with E-state index in [2.05, 4.69) is 4.90 Å². The van der Waals surface area contributed by atoms with Crippen molar-refractivity contribution in [1.29, 1.82) is 0 Å². The van der Waals surface area contributed by atoms with E-state index in [1.165, 1.54) is 4.90 Å². The first kappa shape index (κ1) is 15.0. The van der Waals surface area contributed by atoms with Crippen molar-refractivity contribution in [3.63, 3.8) is 0 Å². The monoisotopic (exact) mass is 281 g/mol. The number of ether oxygens (including phenoxy) is 1. The molecule has 0 saturated carbocycles. The topological polar surface area (TPSA) is 41.7 Å². The molecule has 2 fully saturated rings. The fourth-order valence-electron chi connectivity index (χ4n) is 3.19. The molecule has 2 rings (SSSR count). The maximum atomic E-state index is 12.3. The van der Waals surface area contributed by atoms with Crippen LogP contribution < -0.4 is 5.73 Å². The van der Waals surface area contributed by atoms with E-state index in [0.29, 0.717) is 39.3 Å². The molecule has 2 atom stereocenters. The van der Waals surface area contributed by atoms with Crippen molar-refractivity contribution < 1.29 is 17.9 Å². The minimum atomic E-state index is -4.11. The number of hydrogen-bond acceptors (Lipinski definition) is 4. The van der Waals surface area contributed by atoms with Crippen molar-refractivity contribution in [3.8, 4) is 0 Å². The first-order valence-corrected chi connectivity index (χ1v) is 6.73. The van der Waals surface area contributed by atoms with Gasteiger partial charge in [0.25, 0.3) is 0 Å². The van der Waals surface area contributed by atoms with Crippen LogP contribution in [0.1, 0.15) is 13.3 Å². The minimum Gasteiger partial charge on any atom is -0.376 e.